The van der Waals surface area contributed by atoms with Crippen LogP contribution in [0.3, 0.4) is 0 Å². The fourth-order valence-electron chi connectivity index (χ4n) is 1.18. The van der Waals surface area contributed by atoms with E-state index in [2.05, 4.69) is 18.7 Å². The number of hydrogen-bond acceptors (Lipinski definition) is 4. The largest absolute Gasteiger partial charge is 0.433 e. The molecule has 0 aliphatic carbocycles. The highest BCUT2D eigenvalue weighted by Crippen LogP contribution is 2.16. The number of ether oxygens (including phenoxy) is 2. The van der Waals surface area contributed by atoms with Crippen molar-refractivity contribution in [3.8, 4) is 0 Å². The first kappa shape index (κ1) is 14.8. The van der Waals surface area contributed by atoms with Crippen molar-refractivity contribution in [3.63, 3.8) is 0 Å². The van der Waals surface area contributed by atoms with Crippen LogP contribution in [0.4, 0.5) is 0 Å². The lowest BCUT2D eigenvalue weighted by atomic mass is 10.4. The predicted octanol–water partition coefficient (Wildman–Crippen LogP) is 3.26. The van der Waals surface area contributed by atoms with Gasteiger partial charge in [0, 0.05) is 16.2 Å². The molecule has 0 N–H and O–H groups in total. The number of carbonyl (C=O) groups excluding carboxylic acids is 1. The molecule has 4 heteroatoms. The molecule has 1 atom stereocenters. The molecule has 0 fully saturated rings. The molecular formula is C14H18O3S. The van der Waals surface area contributed by atoms with Crippen LogP contribution in [0.25, 0.3) is 0 Å². The van der Waals surface area contributed by atoms with Gasteiger partial charge in [-0.05, 0) is 26.0 Å². The first-order chi connectivity index (χ1) is 8.59. The zero-order valence-corrected chi connectivity index (χ0v) is 11.5. The zero-order valence-electron chi connectivity index (χ0n) is 10.7. The summed E-state index contributed by atoms with van der Waals surface area (Å²) in [7, 11) is 0. The Labute approximate surface area is 112 Å². The van der Waals surface area contributed by atoms with E-state index < -0.39 is 12.3 Å². The molecule has 98 valence electrons. The molecular weight excluding hydrogens is 248 g/mol. The normalized spacial score (nSPS) is 11.9. The Kier molecular flexibility index (Phi) is 6.54. The summed E-state index contributed by atoms with van der Waals surface area (Å²) in [6, 6.07) is 10.1. The Morgan fingerprint density at radius 1 is 1.39 bits per heavy atom. The third kappa shape index (κ3) is 5.89. The minimum absolute atomic E-state index is 0.379. The van der Waals surface area contributed by atoms with E-state index in [1.54, 1.807) is 25.6 Å². The number of hydrogen-bond donors (Lipinski definition) is 0. The van der Waals surface area contributed by atoms with Gasteiger partial charge >= 0.3 is 5.97 Å². The molecule has 0 saturated carbocycles. The molecule has 0 bridgehead atoms. The second-order valence-corrected chi connectivity index (χ2v) is 4.95. The van der Waals surface area contributed by atoms with Crippen molar-refractivity contribution in [1.82, 2.24) is 0 Å². The highest BCUT2D eigenvalue weighted by atomic mass is 32.2. The number of rotatable bonds is 7. The summed E-state index contributed by atoms with van der Waals surface area (Å²) in [5.74, 6) is 0.400. The SMILES string of the molecule is C=C(C)C(=O)OC(C)OCCSc1ccccc1. The molecule has 18 heavy (non-hydrogen) atoms. The highest BCUT2D eigenvalue weighted by Gasteiger charge is 2.09. The lowest BCUT2D eigenvalue weighted by Gasteiger charge is -2.13. The number of esters is 1. The second kappa shape index (κ2) is 7.95. The Morgan fingerprint density at radius 3 is 2.67 bits per heavy atom. The van der Waals surface area contributed by atoms with E-state index in [1.807, 2.05) is 18.2 Å². The van der Waals surface area contributed by atoms with E-state index in [-0.39, 0.29) is 0 Å². The standard InChI is InChI=1S/C14H18O3S/c1-11(2)14(15)17-12(3)16-9-10-18-13-7-5-4-6-8-13/h4-8,12H,1,9-10H2,2-3H3. The number of benzene rings is 1. The molecule has 0 saturated heterocycles. The van der Waals surface area contributed by atoms with Gasteiger partial charge in [0.25, 0.3) is 0 Å². The topological polar surface area (TPSA) is 35.5 Å². The van der Waals surface area contributed by atoms with Gasteiger partial charge in [-0.1, -0.05) is 24.8 Å². The number of thioether (sulfide) groups is 1. The van der Waals surface area contributed by atoms with Gasteiger partial charge in [-0.25, -0.2) is 4.79 Å². The van der Waals surface area contributed by atoms with Crippen molar-refractivity contribution in [2.45, 2.75) is 25.0 Å². The molecule has 1 aromatic carbocycles. The van der Waals surface area contributed by atoms with E-state index in [0.29, 0.717) is 12.2 Å². The van der Waals surface area contributed by atoms with Crippen LogP contribution in [0.5, 0.6) is 0 Å². The summed E-state index contributed by atoms with van der Waals surface area (Å²) >= 11 is 1.70. The van der Waals surface area contributed by atoms with Crippen LogP contribution in [-0.2, 0) is 14.3 Å². The minimum Gasteiger partial charge on any atom is -0.433 e. The fraction of sp³-hybridized carbons (Fsp3) is 0.357. The van der Waals surface area contributed by atoms with E-state index in [9.17, 15) is 4.79 Å². The summed E-state index contributed by atoms with van der Waals surface area (Å²) in [6.07, 6.45) is -0.537. The van der Waals surface area contributed by atoms with Gasteiger partial charge in [0.1, 0.15) is 0 Å². The van der Waals surface area contributed by atoms with Crippen molar-refractivity contribution in [2.75, 3.05) is 12.4 Å². The van der Waals surface area contributed by atoms with E-state index in [4.69, 9.17) is 9.47 Å². The van der Waals surface area contributed by atoms with Crippen molar-refractivity contribution in [3.05, 3.63) is 42.5 Å². The summed E-state index contributed by atoms with van der Waals surface area (Å²) in [6.45, 7) is 7.36. The van der Waals surface area contributed by atoms with E-state index >= 15 is 0 Å². The molecule has 0 radical (unpaired) electrons. The molecule has 1 unspecified atom stereocenters. The van der Waals surface area contributed by atoms with Gasteiger partial charge < -0.3 is 9.47 Å². The van der Waals surface area contributed by atoms with Crippen LogP contribution < -0.4 is 0 Å². The van der Waals surface area contributed by atoms with Crippen LogP contribution in [0.15, 0.2) is 47.4 Å². The average Bonchev–Trinajstić information content (AvgIpc) is 2.35. The summed E-state index contributed by atoms with van der Waals surface area (Å²) in [4.78, 5) is 12.4. The number of carbonyl (C=O) groups is 1. The van der Waals surface area contributed by atoms with Gasteiger partial charge in [-0.3, -0.25) is 0 Å². The third-order valence-electron chi connectivity index (χ3n) is 2.07. The quantitative estimate of drug-likeness (QED) is 0.249. The maximum atomic E-state index is 11.2. The van der Waals surface area contributed by atoms with E-state index in [1.165, 1.54) is 4.90 Å². The maximum Gasteiger partial charge on any atom is 0.335 e. The Hall–Kier alpha value is -1.26. The fourth-order valence-corrected chi connectivity index (χ4v) is 1.94. The lowest BCUT2D eigenvalue weighted by Crippen LogP contribution is -2.19. The first-order valence-electron chi connectivity index (χ1n) is 5.75. The third-order valence-corrected chi connectivity index (χ3v) is 3.05. The van der Waals surface area contributed by atoms with Crippen molar-refractivity contribution in [1.29, 1.82) is 0 Å². The highest BCUT2D eigenvalue weighted by molar-refractivity contribution is 7.99. The van der Waals surface area contributed by atoms with Gasteiger partial charge in [0.05, 0.1) is 6.61 Å². The maximum absolute atomic E-state index is 11.2. The molecule has 3 nitrogen and oxygen atoms in total. The van der Waals surface area contributed by atoms with Crippen molar-refractivity contribution < 1.29 is 14.3 Å². The minimum atomic E-state index is -0.537. The predicted molar refractivity (Wildman–Crippen MR) is 73.5 cm³/mol. The van der Waals surface area contributed by atoms with Crippen LogP contribution >= 0.6 is 11.8 Å². The average molecular weight is 266 g/mol. The molecule has 0 aliphatic heterocycles. The van der Waals surface area contributed by atoms with E-state index in [0.717, 1.165) is 5.75 Å². The molecule has 1 aromatic rings. The molecule has 0 aromatic heterocycles. The van der Waals surface area contributed by atoms with Crippen molar-refractivity contribution >= 4 is 17.7 Å². The van der Waals surface area contributed by atoms with Gasteiger partial charge in [0.15, 0.2) is 0 Å². The first-order valence-corrected chi connectivity index (χ1v) is 6.74. The van der Waals surface area contributed by atoms with Crippen LogP contribution in [-0.4, -0.2) is 24.6 Å². The van der Waals surface area contributed by atoms with Crippen molar-refractivity contribution in [2.24, 2.45) is 0 Å². The smallest absolute Gasteiger partial charge is 0.335 e. The lowest BCUT2D eigenvalue weighted by molar-refractivity contribution is -0.168. The summed E-state index contributed by atoms with van der Waals surface area (Å²) < 4.78 is 10.4. The summed E-state index contributed by atoms with van der Waals surface area (Å²) in [5.41, 5.74) is 0.379. The molecule has 0 spiro atoms. The Morgan fingerprint density at radius 2 is 2.06 bits per heavy atom. The summed E-state index contributed by atoms with van der Waals surface area (Å²) in [5, 5.41) is 0. The van der Waals surface area contributed by atoms with Gasteiger partial charge in [-0.2, -0.15) is 0 Å². The van der Waals surface area contributed by atoms with Crippen LogP contribution in [0.2, 0.25) is 0 Å². The molecule has 0 aliphatic rings. The zero-order chi connectivity index (χ0) is 13.4. The van der Waals surface area contributed by atoms with Crippen LogP contribution in [0.1, 0.15) is 13.8 Å². The van der Waals surface area contributed by atoms with Crippen LogP contribution in [0, 0.1) is 0 Å². The Balaban J connectivity index is 2.14. The second-order valence-electron chi connectivity index (χ2n) is 3.79. The monoisotopic (exact) mass is 266 g/mol. The van der Waals surface area contributed by atoms with Gasteiger partial charge in [-0.15, -0.1) is 11.8 Å². The molecule has 0 amide bonds. The molecule has 0 heterocycles. The van der Waals surface area contributed by atoms with Gasteiger partial charge in [0.2, 0.25) is 6.29 Å². The Bertz CT molecular complexity index is 389. The molecule has 1 rings (SSSR count).